The smallest absolute Gasteiger partial charge is 0.212 e. The van der Waals surface area contributed by atoms with Crippen LogP contribution >= 0.6 is 11.6 Å². The number of hydrogen-bond donors (Lipinski definition) is 0. The molecule has 3 nitrogen and oxygen atoms in total. The van der Waals surface area contributed by atoms with Crippen molar-refractivity contribution < 1.29 is 8.42 Å². The summed E-state index contributed by atoms with van der Waals surface area (Å²) < 4.78 is 25.6. The Morgan fingerprint density at radius 2 is 1.67 bits per heavy atom. The van der Waals surface area contributed by atoms with Crippen molar-refractivity contribution in [1.82, 2.24) is 4.31 Å². The van der Waals surface area contributed by atoms with Crippen molar-refractivity contribution in [1.29, 1.82) is 0 Å². The zero-order chi connectivity index (χ0) is 13.8. The summed E-state index contributed by atoms with van der Waals surface area (Å²) in [6.07, 6.45) is 0. The van der Waals surface area contributed by atoms with Gasteiger partial charge in [0.15, 0.2) is 0 Å². The molecule has 0 saturated carbocycles. The van der Waals surface area contributed by atoms with Crippen LogP contribution in [0.15, 0.2) is 24.3 Å². The van der Waals surface area contributed by atoms with Crippen molar-refractivity contribution in [2.24, 2.45) is 5.92 Å². The van der Waals surface area contributed by atoms with Gasteiger partial charge in [-0.05, 0) is 17.0 Å². The minimum atomic E-state index is -3.23. The minimum Gasteiger partial charge on any atom is -0.212 e. The maximum absolute atomic E-state index is 12.1. The normalized spacial score (nSPS) is 12.3. The molecule has 0 saturated heterocycles. The van der Waals surface area contributed by atoms with E-state index in [-0.39, 0.29) is 5.75 Å². The first kappa shape index (κ1) is 15.5. The zero-order valence-electron chi connectivity index (χ0n) is 11.1. The Kier molecular flexibility index (Phi) is 5.63. The van der Waals surface area contributed by atoms with E-state index in [1.54, 1.807) is 7.05 Å². The highest BCUT2D eigenvalue weighted by molar-refractivity contribution is 7.88. The SMILES string of the molecule is CC(C)CN(C)S(=O)(=O)Cc1ccc(CCl)cc1. The summed E-state index contributed by atoms with van der Waals surface area (Å²) in [6, 6.07) is 7.36. The van der Waals surface area contributed by atoms with Crippen LogP contribution < -0.4 is 0 Å². The van der Waals surface area contributed by atoms with Crippen molar-refractivity contribution in [2.75, 3.05) is 13.6 Å². The molecule has 0 amide bonds. The van der Waals surface area contributed by atoms with Crippen LogP contribution in [0.2, 0.25) is 0 Å². The molecule has 0 aliphatic rings. The Morgan fingerprint density at radius 3 is 2.11 bits per heavy atom. The number of hydrogen-bond acceptors (Lipinski definition) is 2. The third kappa shape index (κ3) is 4.59. The second-order valence-electron chi connectivity index (χ2n) is 4.88. The molecule has 0 unspecified atom stereocenters. The maximum atomic E-state index is 12.1. The number of rotatable bonds is 6. The van der Waals surface area contributed by atoms with Crippen LogP contribution in [0, 0.1) is 5.92 Å². The van der Waals surface area contributed by atoms with E-state index < -0.39 is 10.0 Å². The summed E-state index contributed by atoms with van der Waals surface area (Å²) in [7, 11) is -1.60. The molecule has 0 heterocycles. The first-order valence-corrected chi connectivity index (χ1v) is 8.07. The van der Waals surface area contributed by atoms with Crippen LogP contribution in [0.3, 0.4) is 0 Å². The van der Waals surface area contributed by atoms with Crippen molar-refractivity contribution in [3.8, 4) is 0 Å². The standard InChI is InChI=1S/C13H20ClNO2S/c1-11(2)9-15(3)18(16,17)10-13-6-4-12(8-14)5-7-13/h4-7,11H,8-10H2,1-3H3. The molecule has 1 aromatic carbocycles. The summed E-state index contributed by atoms with van der Waals surface area (Å²) in [5.41, 5.74) is 1.79. The molecule has 102 valence electrons. The molecule has 0 aliphatic heterocycles. The van der Waals surface area contributed by atoms with Crippen LogP contribution in [0.4, 0.5) is 0 Å². The third-order valence-electron chi connectivity index (χ3n) is 2.62. The molecule has 0 fully saturated rings. The Hall–Kier alpha value is -0.580. The highest BCUT2D eigenvalue weighted by Gasteiger charge is 2.19. The van der Waals surface area contributed by atoms with Gasteiger partial charge in [0, 0.05) is 19.5 Å². The number of alkyl halides is 1. The topological polar surface area (TPSA) is 37.4 Å². The first-order valence-electron chi connectivity index (χ1n) is 5.93. The van der Waals surface area contributed by atoms with Crippen molar-refractivity contribution >= 4 is 21.6 Å². The Labute approximate surface area is 115 Å². The molecular formula is C13H20ClNO2S. The third-order valence-corrected chi connectivity index (χ3v) is 4.73. The molecule has 0 bridgehead atoms. The molecule has 0 spiro atoms. The minimum absolute atomic E-state index is 0.0405. The molecule has 0 N–H and O–H groups in total. The van der Waals surface area contributed by atoms with E-state index in [0.717, 1.165) is 11.1 Å². The molecule has 0 radical (unpaired) electrons. The molecule has 18 heavy (non-hydrogen) atoms. The Morgan fingerprint density at radius 1 is 1.17 bits per heavy atom. The monoisotopic (exact) mass is 289 g/mol. The number of benzene rings is 1. The van der Waals surface area contributed by atoms with Crippen LogP contribution in [-0.4, -0.2) is 26.3 Å². The molecule has 1 rings (SSSR count). The lowest BCUT2D eigenvalue weighted by Gasteiger charge is -2.19. The van der Waals surface area contributed by atoms with Crippen LogP contribution in [-0.2, 0) is 21.7 Å². The molecule has 0 aromatic heterocycles. The lowest BCUT2D eigenvalue weighted by molar-refractivity contribution is 0.416. The maximum Gasteiger partial charge on any atom is 0.218 e. The van der Waals surface area contributed by atoms with E-state index in [9.17, 15) is 8.42 Å². The summed E-state index contributed by atoms with van der Waals surface area (Å²) in [4.78, 5) is 0. The van der Waals surface area contributed by atoms with E-state index in [1.807, 2.05) is 38.1 Å². The van der Waals surface area contributed by atoms with Crippen LogP contribution in [0.1, 0.15) is 25.0 Å². The van der Waals surface area contributed by atoms with Gasteiger partial charge in [0.25, 0.3) is 0 Å². The van der Waals surface area contributed by atoms with E-state index in [4.69, 9.17) is 11.6 Å². The lowest BCUT2D eigenvalue weighted by Crippen LogP contribution is -2.31. The zero-order valence-corrected chi connectivity index (χ0v) is 12.6. The first-order chi connectivity index (χ1) is 8.35. The molecule has 0 aliphatic carbocycles. The van der Waals surface area contributed by atoms with Gasteiger partial charge in [0.1, 0.15) is 0 Å². The van der Waals surface area contributed by atoms with Gasteiger partial charge >= 0.3 is 0 Å². The summed E-state index contributed by atoms with van der Waals surface area (Å²) in [6.45, 7) is 4.55. The highest BCUT2D eigenvalue weighted by Crippen LogP contribution is 2.13. The predicted octanol–water partition coefficient (Wildman–Crippen LogP) is 2.84. The fraction of sp³-hybridized carbons (Fsp3) is 0.538. The highest BCUT2D eigenvalue weighted by atomic mass is 35.5. The number of nitrogens with zero attached hydrogens (tertiary/aromatic N) is 1. The number of halogens is 1. The Bertz CT molecular complexity index is 468. The van der Waals surface area contributed by atoms with Crippen LogP contribution in [0.5, 0.6) is 0 Å². The molecule has 1 aromatic rings. The van der Waals surface area contributed by atoms with Crippen LogP contribution in [0.25, 0.3) is 0 Å². The van der Waals surface area contributed by atoms with Gasteiger partial charge in [0.2, 0.25) is 10.0 Å². The average molecular weight is 290 g/mol. The van der Waals surface area contributed by atoms with E-state index in [0.29, 0.717) is 18.3 Å². The van der Waals surface area contributed by atoms with E-state index in [2.05, 4.69) is 0 Å². The van der Waals surface area contributed by atoms with Gasteiger partial charge in [0.05, 0.1) is 5.75 Å². The van der Waals surface area contributed by atoms with Crippen molar-refractivity contribution in [3.63, 3.8) is 0 Å². The molecule has 0 atom stereocenters. The molecule has 5 heteroatoms. The summed E-state index contributed by atoms with van der Waals surface area (Å²) >= 11 is 5.69. The van der Waals surface area contributed by atoms with E-state index >= 15 is 0 Å². The lowest BCUT2D eigenvalue weighted by atomic mass is 10.2. The van der Waals surface area contributed by atoms with Gasteiger partial charge < -0.3 is 0 Å². The molecular weight excluding hydrogens is 270 g/mol. The summed E-state index contributed by atoms with van der Waals surface area (Å²) in [5, 5.41) is 0. The van der Waals surface area contributed by atoms with Crippen molar-refractivity contribution in [3.05, 3.63) is 35.4 Å². The van der Waals surface area contributed by atoms with Crippen molar-refractivity contribution in [2.45, 2.75) is 25.5 Å². The number of sulfonamides is 1. The second kappa shape index (κ2) is 6.55. The van der Waals surface area contributed by atoms with Gasteiger partial charge in [-0.2, -0.15) is 0 Å². The van der Waals surface area contributed by atoms with Gasteiger partial charge in [-0.3, -0.25) is 0 Å². The average Bonchev–Trinajstić information content (AvgIpc) is 2.28. The quantitative estimate of drug-likeness (QED) is 0.755. The predicted molar refractivity (Wildman–Crippen MR) is 76.1 cm³/mol. The fourth-order valence-electron chi connectivity index (χ4n) is 1.67. The Balaban J connectivity index is 2.75. The van der Waals surface area contributed by atoms with Gasteiger partial charge in [-0.15, -0.1) is 11.6 Å². The van der Waals surface area contributed by atoms with E-state index in [1.165, 1.54) is 4.31 Å². The fourth-order valence-corrected chi connectivity index (χ4v) is 3.21. The largest absolute Gasteiger partial charge is 0.218 e. The summed E-state index contributed by atoms with van der Waals surface area (Å²) in [5.74, 6) is 0.808. The second-order valence-corrected chi connectivity index (χ2v) is 7.22. The van der Waals surface area contributed by atoms with Gasteiger partial charge in [-0.25, -0.2) is 12.7 Å². The van der Waals surface area contributed by atoms with Gasteiger partial charge in [-0.1, -0.05) is 38.1 Å².